The van der Waals surface area contributed by atoms with Crippen LogP contribution in [0.4, 0.5) is 4.79 Å². The van der Waals surface area contributed by atoms with Gasteiger partial charge in [-0.2, -0.15) is 0 Å². The molecule has 0 radical (unpaired) electrons. The average Bonchev–Trinajstić information content (AvgIpc) is 2.65. The highest BCUT2D eigenvalue weighted by Crippen LogP contribution is 2.11. The molecule has 0 unspecified atom stereocenters. The average molecular weight is 477 g/mol. The van der Waals surface area contributed by atoms with Crippen molar-refractivity contribution in [3.63, 3.8) is 0 Å². The molecule has 2 N–H and O–H groups in total. The van der Waals surface area contributed by atoms with Crippen molar-refractivity contribution in [3.05, 3.63) is 24.5 Å². The smallest absolute Gasteiger partial charge is 0.409 e. The number of pyridine rings is 1. The largest absolute Gasteiger partial charge is 0.490 e. The maximum absolute atomic E-state index is 11.7. The van der Waals surface area contributed by atoms with Gasteiger partial charge in [-0.3, -0.25) is 9.98 Å². The number of rotatable bonds is 6. The Hall–Kier alpha value is -1.78. The van der Waals surface area contributed by atoms with Gasteiger partial charge in [-0.05, 0) is 31.9 Å². The molecule has 0 atom stereocenters. The van der Waals surface area contributed by atoms with Crippen molar-refractivity contribution >= 4 is 36.0 Å². The molecule has 0 bridgehead atoms. The number of guanidine groups is 1. The number of carbonyl (C=O) groups is 1. The van der Waals surface area contributed by atoms with Crippen LogP contribution in [0.3, 0.4) is 0 Å². The molecule has 1 amide bonds. The predicted molar refractivity (Wildman–Crippen MR) is 111 cm³/mol. The Labute approximate surface area is 171 Å². The van der Waals surface area contributed by atoms with E-state index in [-0.39, 0.29) is 36.1 Å². The number of aromatic nitrogens is 1. The summed E-state index contributed by atoms with van der Waals surface area (Å²) < 4.78 is 10.6. The van der Waals surface area contributed by atoms with Crippen LogP contribution in [-0.4, -0.2) is 67.9 Å². The fraction of sp³-hybridized carbons (Fsp3) is 0.588. The van der Waals surface area contributed by atoms with Gasteiger partial charge in [0.25, 0.3) is 0 Å². The zero-order valence-corrected chi connectivity index (χ0v) is 17.6. The van der Waals surface area contributed by atoms with Crippen LogP contribution >= 0.6 is 24.0 Å². The first kappa shape index (κ1) is 22.3. The molecule has 1 aromatic rings. The summed E-state index contributed by atoms with van der Waals surface area (Å²) in [6.07, 6.45) is 4.90. The van der Waals surface area contributed by atoms with E-state index in [0.29, 0.717) is 32.8 Å². The van der Waals surface area contributed by atoms with Crippen LogP contribution in [0, 0.1) is 0 Å². The maximum Gasteiger partial charge on any atom is 0.409 e. The third kappa shape index (κ3) is 7.63. The molecule has 1 aromatic heterocycles. The summed E-state index contributed by atoms with van der Waals surface area (Å²) >= 11 is 0. The van der Waals surface area contributed by atoms with Crippen LogP contribution in [0.25, 0.3) is 0 Å². The van der Waals surface area contributed by atoms with Gasteiger partial charge < -0.3 is 25.0 Å². The fourth-order valence-electron chi connectivity index (χ4n) is 2.58. The van der Waals surface area contributed by atoms with Gasteiger partial charge in [-0.25, -0.2) is 4.79 Å². The summed E-state index contributed by atoms with van der Waals surface area (Å²) in [5.41, 5.74) is 0. The zero-order chi connectivity index (χ0) is 17.9. The first-order valence-corrected chi connectivity index (χ1v) is 8.64. The fourth-order valence-corrected chi connectivity index (χ4v) is 2.58. The van der Waals surface area contributed by atoms with E-state index in [0.717, 1.165) is 24.6 Å². The van der Waals surface area contributed by atoms with Crippen molar-refractivity contribution in [1.29, 1.82) is 0 Å². The lowest BCUT2D eigenvalue weighted by Gasteiger charge is -2.32. The van der Waals surface area contributed by atoms with Gasteiger partial charge in [0.15, 0.2) is 5.96 Å². The summed E-state index contributed by atoms with van der Waals surface area (Å²) in [5, 5.41) is 6.62. The van der Waals surface area contributed by atoms with Crippen LogP contribution in [0.1, 0.15) is 19.8 Å². The molecular weight excluding hydrogens is 449 g/mol. The molecule has 1 saturated heterocycles. The quantitative estimate of drug-likeness (QED) is 0.282. The van der Waals surface area contributed by atoms with E-state index in [4.69, 9.17) is 9.47 Å². The molecule has 1 aliphatic heterocycles. The second-order valence-electron chi connectivity index (χ2n) is 5.64. The molecule has 1 aliphatic rings. The van der Waals surface area contributed by atoms with Crippen molar-refractivity contribution in [3.8, 4) is 5.75 Å². The molecule has 2 rings (SSSR count). The molecule has 2 heterocycles. The first-order chi connectivity index (χ1) is 12.2. The zero-order valence-electron chi connectivity index (χ0n) is 15.3. The van der Waals surface area contributed by atoms with Gasteiger partial charge in [0, 0.05) is 32.4 Å². The lowest BCUT2D eigenvalue weighted by atomic mass is 10.1. The topological polar surface area (TPSA) is 88.1 Å². The molecule has 0 spiro atoms. The standard InChI is InChI=1S/C17H27N5O3.HI/c1-3-24-17(23)22-10-6-14(7-11-22)21-16(18-2)20-9-12-25-15-5-4-8-19-13-15;/h4-5,8,13-14H,3,6-7,9-12H2,1-2H3,(H2,18,20,21);1H. The van der Waals surface area contributed by atoms with Gasteiger partial charge in [-0.15, -0.1) is 24.0 Å². The molecule has 26 heavy (non-hydrogen) atoms. The van der Waals surface area contributed by atoms with E-state index in [1.165, 1.54) is 0 Å². The van der Waals surface area contributed by atoms with Gasteiger partial charge in [-0.1, -0.05) is 0 Å². The van der Waals surface area contributed by atoms with E-state index < -0.39 is 0 Å². The van der Waals surface area contributed by atoms with E-state index in [9.17, 15) is 4.79 Å². The minimum atomic E-state index is -0.226. The number of ether oxygens (including phenoxy) is 2. The molecule has 8 nitrogen and oxygen atoms in total. The minimum absolute atomic E-state index is 0. The van der Waals surface area contributed by atoms with E-state index in [2.05, 4.69) is 20.6 Å². The summed E-state index contributed by atoms with van der Waals surface area (Å²) in [7, 11) is 1.74. The van der Waals surface area contributed by atoms with Gasteiger partial charge in [0.1, 0.15) is 12.4 Å². The van der Waals surface area contributed by atoms with Crippen LogP contribution in [0.15, 0.2) is 29.5 Å². The lowest BCUT2D eigenvalue weighted by Crippen LogP contribution is -2.50. The normalized spacial score (nSPS) is 15.0. The highest BCUT2D eigenvalue weighted by molar-refractivity contribution is 14.0. The first-order valence-electron chi connectivity index (χ1n) is 8.64. The van der Waals surface area contributed by atoms with E-state index >= 15 is 0 Å². The van der Waals surface area contributed by atoms with Gasteiger partial charge in [0.05, 0.1) is 19.3 Å². The predicted octanol–water partition coefficient (Wildman–Crippen LogP) is 1.86. The van der Waals surface area contributed by atoms with Gasteiger partial charge >= 0.3 is 6.09 Å². The number of nitrogens with zero attached hydrogens (tertiary/aromatic N) is 3. The van der Waals surface area contributed by atoms with Crippen molar-refractivity contribution < 1.29 is 14.3 Å². The van der Waals surface area contributed by atoms with Crippen molar-refractivity contribution in [2.75, 3.05) is 39.9 Å². The third-order valence-electron chi connectivity index (χ3n) is 3.88. The van der Waals surface area contributed by atoms with Crippen molar-refractivity contribution in [1.82, 2.24) is 20.5 Å². The molecule has 0 saturated carbocycles. The Kier molecular flexibility index (Phi) is 10.7. The third-order valence-corrected chi connectivity index (χ3v) is 3.88. The Bertz CT molecular complexity index is 551. The molecular formula is C17H28IN5O3. The molecule has 9 heteroatoms. The number of likely N-dealkylation sites (tertiary alicyclic amines) is 1. The summed E-state index contributed by atoms with van der Waals surface area (Å²) in [6, 6.07) is 4.00. The van der Waals surface area contributed by atoms with Crippen LogP contribution < -0.4 is 15.4 Å². The number of hydrogen-bond acceptors (Lipinski definition) is 5. The Morgan fingerprint density at radius 1 is 1.42 bits per heavy atom. The van der Waals surface area contributed by atoms with Crippen LogP contribution in [0.5, 0.6) is 5.75 Å². The lowest BCUT2D eigenvalue weighted by molar-refractivity contribution is 0.0963. The number of piperidine rings is 1. The van der Waals surface area contributed by atoms with E-state index in [1.54, 1.807) is 24.3 Å². The number of carbonyl (C=O) groups excluding carboxylic acids is 1. The second kappa shape index (κ2) is 12.6. The van der Waals surface area contributed by atoms with Crippen molar-refractivity contribution in [2.24, 2.45) is 4.99 Å². The Morgan fingerprint density at radius 3 is 2.81 bits per heavy atom. The van der Waals surface area contributed by atoms with Crippen LogP contribution in [0.2, 0.25) is 0 Å². The van der Waals surface area contributed by atoms with Crippen molar-refractivity contribution in [2.45, 2.75) is 25.8 Å². The summed E-state index contributed by atoms with van der Waals surface area (Å²) in [4.78, 5) is 21.7. The van der Waals surface area contributed by atoms with E-state index in [1.807, 2.05) is 19.1 Å². The highest BCUT2D eigenvalue weighted by Gasteiger charge is 2.23. The monoisotopic (exact) mass is 477 g/mol. The molecule has 146 valence electrons. The van der Waals surface area contributed by atoms with Gasteiger partial charge in [0.2, 0.25) is 0 Å². The maximum atomic E-state index is 11.7. The number of halogens is 1. The molecule has 0 aromatic carbocycles. The Balaban J connectivity index is 0.00000338. The number of nitrogens with one attached hydrogen (secondary N) is 2. The number of amides is 1. The SMILES string of the molecule is CCOC(=O)N1CCC(NC(=NC)NCCOc2cccnc2)CC1.I. The molecule has 0 aliphatic carbocycles. The summed E-state index contributed by atoms with van der Waals surface area (Å²) in [5.74, 6) is 1.49. The second-order valence-corrected chi connectivity index (χ2v) is 5.64. The number of hydrogen-bond donors (Lipinski definition) is 2. The Morgan fingerprint density at radius 2 is 2.19 bits per heavy atom. The van der Waals surface area contributed by atoms with Crippen LogP contribution in [-0.2, 0) is 4.74 Å². The summed E-state index contributed by atoms with van der Waals surface area (Å²) in [6.45, 7) is 4.77. The number of aliphatic imine (C=N–C) groups is 1. The minimum Gasteiger partial charge on any atom is -0.490 e. The molecule has 1 fully saturated rings. The highest BCUT2D eigenvalue weighted by atomic mass is 127.